The molecule has 0 aliphatic carbocycles. The molecule has 20 heavy (non-hydrogen) atoms. The first kappa shape index (κ1) is 14.8. The maximum Gasteiger partial charge on any atom is 0.178 e. The Kier molecular flexibility index (Phi) is 4.58. The molecule has 1 aliphatic rings. The number of ketones is 1. The van der Waals surface area contributed by atoms with Gasteiger partial charge in [0.05, 0.1) is 19.2 Å². The van der Waals surface area contributed by atoms with Crippen LogP contribution in [-0.2, 0) is 11.3 Å². The quantitative estimate of drug-likeness (QED) is 0.782. The van der Waals surface area contributed by atoms with Crippen LogP contribution in [0.15, 0.2) is 6.07 Å². The Hall–Kier alpha value is -1.64. The van der Waals surface area contributed by atoms with E-state index in [1.165, 1.54) is 0 Å². The SMILES string of the molecule is CCn1c(C)cc(C(=O)CN2CCOC(C#N)C2)c1C. The summed E-state index contributed by atoms with van der Waals surface area (Å²) in [6.07, 6.45) is -0.417. The van der Waals surface area contributed by atoms with Gasteiger partial charge in [0.1, 0.15) is 0 Å². The van der Waals surface area contributed by atoms with E-state index in [0.29, 0.717) is 26.2 Å². The van der Waals surface area contributed by atoms with Gasteiger partial charge in [0, 0.05) is 36.6 Å². The number of carbonyl (C=O) groups is 1. The van der Waals surface area contributed by atoms with Crippen LogP contribution in [0.2, 0.25) is 0 Å². The lowest BCUT2D eigenvalue weighted by Gasteiger charge is -2.28. The Morgan fingerprint density at radius 2 is 2.30 bits per heavy atom. The maximum absolute atomic E-state index is 12.4. The van der Waals surface area contributed by atoms with Crippen molar-refractivity contribution in [1.29, 1.82) is 5.26 Å². The highest BCUT2D eigenvalue weighted by Crippen LogP contribution is 2.16. The van der Waals surface area contributed by atoms with Crippen LogP contribution in [0.1, 0.15) is 28.7 Å². The minimum Gasteiger partial charge on any atom is -0.361 e. The molecule has 0 aromatic carbocycles. The number of nitriles is 1. The van der Waals surface area contributed by atoms with E-state index < -0.39 is 6.10 Å². The zero-order valence-electron chi connectivity index (χ0n) is 12.3. The van der Waals surface area contributed by atoms with Crippen molar-refractivity contribution in [2.75, 3.05) is 26.2 Å². The molecule has 1 unspecified atom stereocenters. The average molecular weight is 275 g/mol. The molecule has 0 radical (unpaired) electrons. The van der Waals surface area contributed by atoms with Gasteiger partial charge in [-0.25, -0.2) is 0 Å². The number of hydrogen-bond donors (Lipinski definition) is 0. The molecule has 2 heterocycles. The number of carbonyl (C=O) groups excluding carboxylic acids is 1. The molecule has 0 spiro atoms. The molecule has 2 rings (SSSR count). The summed E-state index contributed by atoms with van der Waals surface area (Å²) in [5.41, 5.74) is 2.94. The molecule has 1 fully saturated rings. The predicted octanol–water partition coefficient (Wildman–Crippen LogP) is 1.53. The lowest BCUT2D eigenvalue weighted by atomic mass is 10.1. The van der Waals surface area contributed by atoms with Gasteiger partial charge in [-0.05, 0) is 26.8 Å². The molecule has 5 nitrogen and oxygen atoms in total. The number of hydrogen-bond acceptors (Lipinski definition) is 4. The molecule has 0 saturated carbocycles. The number of nitrogens with zero attached hydrogens (tertiary/aromatic N) is 3. The smallest absolute Gasteiger partial charge is 0.178 e. The molecule has 108 valence electrons. The third-order valence-electron chi connectivity index (χ3n) is 3.85. The van der Waals surface area contributed by atoms with E-state index in [1.807, 2.05) is 24.8 Å². The summed E-state index contributed by atoms with van der Waals surface area (Å²) in [4.78, 5) is 14.4. The third kappa shape index (κ3) is 2.92. The lowest BCUT2D eigenvalue weighted by Crippen LogP contribution is -2.44. The molecular formula is C15H21N3O2. The van der Waals surface area contributed by atoms with Gasteiger partial charge in [-0.1, -0.05) is 0 Å². The number of aryl methyl sites for hydroxylation is 1. The van der Waals surface area contributed by atoms with Gasteiger partial charge in [-0.3, -0.25) is 9.69 Å². The summed E-state index contributed by atoms with van der Waals surface area (Å²) in [7, 11) is 0. The summed E-state index contributed by atoms with van der Waals surface area (Å²) >= 11 is 0. The Morgan fingerprint density at radius 1 is 1.55 bits per heavy atom. The minimum atomic E-state index is -0.417. The second kappa shape index (κ2) is 6.21. The molecule has 1 aromatic rings. The van der Waals surface area contributed by atoms with Crippen LogP contribution < -0.4 is 0 Å². The Morgan fingerprint density at radius 3 is 2.90 bits per heavy atom. The average Bonchev–Trinajstić information content (AvgIpc) is 2.73. The molecule has 1 saturated heterocycles. The van der Waals surface area contributed by atoms with Gasteiger partial charge in [0.15, 0.2) is 11.9 Å². The van der Waals surface area contributed by atoms with Gasteiger partial charge in [0.25, 0.3) is 0 Å². The highest BCUT2D eigenvalue weighted by Gasteiger charge is 2.23. The van der Waals surface area contributed by atoms with E-state index in [-0.39, 0.29) is 5.78 Å². The van der Waals surface area contributed by atoms with Crippen molar-refractivity contribution < 1.29 is 9.53 Å². The second-order valence-electron chi connectivity index (χ2n) is 5.18. The van der Waals surface area contributed by atoms with Gasteiger partial charge in [0.2, 0.25) is 0 Å². The summed E-state index contributed by atoms with van der Waals surface area (Å²) in [5.74, 6) is 0.122. The fourth-order valence-corrected chi connectivity index (χ4v) is 2.78. The van der Waals surface area contributed by atoms with Gasteiger partial charge in [-0.15, -0.1) is 0 Å². The number of aromatic nitrogens is 1. The minimum absolute atomic E-state index is 0.122. The maximum atomic E-state index is 12.4. The molecular weight excluding hydrogens is 254 g/mol. The van der Waals surface area contributed by atoms with Crippen LogP contribution >= 0.6 is 0 Å². The van der Waals surface area contributed by atoms with E-state index >= 15 is 0 Å². The summed E-state index contributed by atoms with van der Waals surface area (Å²) in [5, 5.41) is 8.89. The van der Waals surface area contributed by atoms with Crippen molar-refractivity contribution >= 4 is 5.78 Å². The van der Waals surface area contributed by atoms with Crippen molar-refractivity contribution in [3.05, 3.63) is 23.0 Å². The molecule has 1 aliphatic heterocycles. The van der Waals surface area contributed by atoms with E-state index in [1.54, 1.807) is 0 Å². The first-order chi connectivity index (χ1) is 9.56. The van der Waals surface area contributed by atoms with E-state index in [0.717, 1.165) is 23.5 Å². The fourth-order valence-electron chi connectivity index (χ4n) is 2.78. The van der Waals surface area contributed by atoms with E-state index in [4.69, 9.17) is 10.00 Å². The van der Waals surface area contributed by atoms with Crippen molar-refractivity contribution in [2.24, 2.45) is 0 Å². The highest BCUT2D eigenvalue weighted by molar-refractivity contribution is 5.99. The first-order valence-corrected chi connectivity index (χ1v) is 7.00. The largest absolute Gasteiger partial charge is 0.361 e. The van der Waals surface area contributed by atoms with Crippen LogP contribution in [0.25, 0.3) is 0 Å². The van der Waals surface area contributed by atoms with Crippen LogP contribution in [0.4, 0.5) is 0 Å². The zero-order chi connectivity index (χ0) is 14.7. The molecule has 0 amide bonds. The summed E-state index contributed by atoms with van der Waals surface area (Å²) in [6.45, 7) is 9.04. The Balaban J connectivity index is 2.07. The van der Waals surface area contributed by atoms with Crippen LogP contribution in [0.3, 0.4) is 0 Å². The molecule has 1 atom stereocenters. The second-order valence-corrected chi connectivity index (χ2v) is 5.18. The van der Waals surface area contributed by atoms with Crippen molar-refractivity contribution in [2.45, 2.75) is 33.4 Å². The Bertz CT molecular complexity index is 542. The molecule has 0 N–H and O–H groups in total. The van der Waals surface area contributed by atoms with Crippen molar-refractivity contribution in [3.63, 3.8) is 0 Å². The Labute approximate surface area is 119 Å². The first-order valence-electron chi connectivity index (χ1n) is 7.00. The third-order valence-corrected chi connectivity index (χ3v) is 3.85. The topological polar surface area (TPSA) is 58.3 Å². The number of rotatable bonds is 4. The highest BCUT2D eigenvalue weighted by atomic mass is 16.5. The molecule has 0 bridgehead atoms. The zero-order valence-corrected chi connectivity index (χ0v) is 12.3. The number of morpholine rings is 1. The van der Waals surface area contributed by atoms with E-state index in [9.17, 15) is 4.79 Å². The normalized spacial score (nSPS) is 19.8. The van der Waals surface area contributed by atoms with Crippen LogP contribution in [0.5, 0.6) is 0 Å². The number of Topliss-reactive ketones (excluding diaryl/α,β-unsaturated/α-hetero) is 1. The van der Waals surface area contributed by atoms with Gasteiger partial charge >= 0.3 is 0 Å². The van der Waals surface area contributed by atoms with Crippen molar-refractivity contribution in [3.8, 4) is 6.07 Å². The van der Waals surface area contributed by atoms with E-state index in [2.05, 4.69) is 17.6 Å². The van der Waals surface area contributed by atoms with Crippen LogP contribution in [0, 0.1) is 25.2 Å². The standard InChI is InChI=1S/C15H21N3O2/c1-4-18-11(2)7-14(12(18)3)15(19)10-17-5-6-20-13(8-16)9-17/h7,13H,4-6,9-10H2,1-3H3. The molecule has 5 heteroatoms. The monoisotopic (exact) mass is 275 g/mol. The lowest BCUT2D eigenvalue weighted by molar-refractivity contribution is 0.00240. The molecule has 1 aromatic heterocycles. The number of ether oxygens (including phenoxy) is 1. The van der Waals surface area contributed by atoms with Crippen LogP contribution in [-0.4, -0.2) is 47.6 Å². The predicted molar refractivity (Wildman–Crippen MR) is 75.7 cm³/mol. The van der Waals surface area contributed by atoms with Gasteiger partial charge in [-0.2, -0.15) is 5.26 Å². The fraction of sp³-hybridized carbons (Fsp3) is 0.600. The summed E-state index contributed by atoms with van der Waals surface area (Å²) < 4.78 is 7.43. The van der Waals surface area contributed by atoms with Crippen molar-refractivity contribution in [1.82, 2.24) is 9.47 Å². The van der Waals surface area contributed by atoms with Gasteiger partial charge < -0.3 is 9.30 Å². The summed E-state index contributed by atoms with van der Waals surface area (Å²) in [6, 6.07) is 4.06.